The summed E-state index contributed by atoms with van der Waals surface area (Å²) in [5.74, 6) is -0.469. The average molecular weight is 178 g/mol. The maximum atomic E-state index is 11.1. The quantitative estimate of drug-likeness (QED) is 0.688. The first-order chi connectivity index (χ1) is 6.19. The number of pyridine rings is 1. The number of aromatic nitrogens is 1. The van der Waals surface area contributed by atoms with Gasteiger partial charge < -0.3 is 10.5 Å². The van der Waals surface area contributed by atoms with Gasteiger partial charge in [-0.1, -0.05) is 6.58 Å². The molecule has 0 amide bonds. The van der Waals surface area contributed by atoms with Crippen molar-refractivity contribution in [3.63, 3.8) is 0 Å². The van der Waals surface area contributed by atoms with E-state index >= 15 is 0 Å². The number of nitrogens with zero attached hydrogens (tertiary/aromatic N) is 1. The van der Waals surface area contributed by atoms with E-state index in [0.29, 0.717) is 16.9 Å². The summed E-state index contributed by atoms with van der Waals surface area (Å²) < 4.78 is 4.54. The molecule has 0 radical (unpaired) electrons. The predicted octanol–water partition coefficient (Wildman–Crippen LogP) is 1.09. The minimum Gasteiger partial charge on any atom is -0.465 e. The Bertz CT molecular complexity index is 347. The molecule has 0 saturated carbocycles. The Hall–Kier alpha value is -1.84. The second kappa shape index (κ2) is 3.71. The van der Waals surface area contributed by atoms with Crippen LogP contribution in [0.2, 0.25) is 0 Å². The van der Waals surface area contributed by atoms with E-state index in [1.807, 2.05) is 0 Å². The highest BCUT2D eigenvalue weighted by Gasteiger charge is 2.09. The van der Waals surface area contributed by atoms with Crippen molar-refractivity contribution in [3.05, 3.63) is 30.1 Å². The molecule has 13 heavy (non-hydrogen) atoms. The summed E-state index contributed by atoms with van der Waals surface area (Å²) in [7, 11) is 1.30. The molecule has 0 aliphatic heterocycles. The minimum absolute atomic E-state index is 0.303. The van der Waals surface area contributed by atoms with Crippen molar-refractivity contribution < 1.29 is 9.53 Å². The van der Waals surface area contributed by atoms with E-state index in [2.05, 4.69) is 16.3 Å². The SMILES string of the molecule is C=Cc1cc(C(=O)OC)c(N)cn1. The Labute approximate surface area is 76.0 Å². The molecule has 1 aromatic heterocycles. The van der Waals surface area contributed by atoms with Crippen molar-refractivity contribution in [2.24, 2.45) is 0 Å². The topological polar surface area (TPSA) is 65.2 Å². The van der Waals surface area contributed by atoms with Crippen molar-refractivity contribution in [3.8, 4) is 0 Å². The van der Waals surface area contributed by atoms with Crippen molar-refractivity contribution in [2.75, 3.05) is 12.8 Å². The standard InChI is InChI=1S/C9H10N2O2/c1-3-6-4-7(9(12)13-2)8(10)5-11-6/h3-5H,1,10H2,2H3. The maximum absolute atomic E-state index is 11.1. The van der Waals surface area contributed by atoms with E-state index in [1.165, 1.54) is 25.4 Å². The zero-order valence-corrected chi connectivity index (χ0v) is 7.28. The lowest BCUT2D eigenvalue weighted by atomic mass is 10.2. The summed E-state index contributed by atoms with van der Waals surface area (Å²) >= 11 is 0. The molecular formula is C9H10N2O2. The van der Waals surface area contributed by atoms with Gasteiger partial charge in [-0.2, -0.15) is 0 Å². The molecule has 68 valence electrons. The van der Waals surface area contributed by atoms with Crippen LogP contribution in [0, 0.1) is 0 Å². The fraction of sp³-hybridized carbons (Fsp3) is 0.111. The van der Waals surface area contributed by atoms with Crippen LogP contribution in [0.25, 0.3) is 6.08 Å². The van der Waals surface area contributed by atoms with Crippen LogP contribution in [0.1, 0.15) is 16.1 Å². The summed E-state index contributed by atoms with van der Waals surface area (Å²) in [5.41, 5.74) is 6.73. The van der Waals surface area contributed by atoms with Gasteiger partial charge in [-0.25, -0.2) is 4.79 Å². The fourth-order valence-electron chi connectivity index (χ4n) is 0.880. The van der Waals surface area contributed by atoms with E-state index in [1.54, 1.807) is 0 Å². The number of carbonyl (C=O) groups is 1. The first-order valence-corrected chi connectivity index (χ1v) is 3.65. The molecule has 1 aromatic rings. The number of methoxy groups -OCH3 is 1. The highest BCUT2D eigenvalue weighted by Crippen LogP contribution is 2.13. The van der Waals surface area contributed by atoms with Gasteiger partial charge in [-0.15, -0.1) is 0 Å². The van der Waals surface area contributed by atoms with Crippen molar-refractivity contribution in [1.82, 2.24) is 4.98 Å². The van der Waals surface area contributed by atoms with Gasteiger partial charge in [0.25, 0.3) is 0 Å². The molecule has 0 bridgehead atoms. The Morgan fingerprint density at radius 3 is 3.00 bits per heavy atom. The molecule has 0 atom stereocenters. The maximum Gasteiger partial charge on any atom is 0.340 e. The number of ether oxygens (including phenoxy) is 1. The molecule has 4 heteroatoms. The molecule has 0 fully saturated rings. The van der Waals surface area contributed by atoms with Gasteiger partial charge in [0.1, 0.15) is 0 Å². The minimum atomic E-state index is -0.469. The number of esters is 1. The molecule has 0 saturated heterocycles. The first-order valence-electron chi connectivity index (χ1n) is 3.65. The van der Waals surface area contributed by atoms with Gasteiger partial charge in [-0.3, -0.25) is 4.98 Å². The zero-order chi connectivity index (χ0) is 9.84. The van der Waals surface area contributed by atoms with Gasteiger partial charge in [0.05, 0.1) is 30.3 Å². The van der Waals surface area contributed by atoms with Crippen molar-refractivity contribution in [2.45, 2.75) is 0 Å². The molecular weight excluding hydrogens is 168 g/mol. The molecule has 0 aromatic carbocycles. The van der Waals surface area contributed by atoms with Crippen LogP contribution in [0.3, 0.4) is 0 Å². The summed E-state index contributed by atoms with van der Waals surface area (Å²) in [6.07, 6.45) is 2.94. The normalized spacial score (nSPS) is 9.31. The lowest BCUT2D eigenvalue weighted by molar-refractivity contribution is 0.0602. The third-order valence-electron chi connectivity index (χ3n) is 1.57. The van der Waals surface area contributed by atoms with Crippen LogP contribution in [-0.2, 0) is 4.74 Å². The number of hydrogen-bond donors (Lipinski definition) is 1. The second-order valence-electron chi connectivity index (χ2n) is 2.39. The third kappa shape index (κ3) is 1.84. The Morgan fingerprint density at radius 1 is 1.77 bits per heavy atom. The Morgan fingerprint density at radius 2 is 2.46 bits per heavy atom. The van der Waals surface area contributed by atoms with Gasteiger partial charge in [0.15, 0.2) is 0 Å². The van der Waals surface area contributed by atoms with E-state index < -0.39 is 5.97 Å². The Balaban J connectivity index is 3.18. The average Bonchev–Trinajstić information content (AvgIpc) is 2.17. The highest BCUT2D eigenvalue weighted by molar-refractivity contribution is 5.95. The largest absolute Gasteiger partial charge is 0.465 e. The highest BCUT2D eigenvalue weighted by atomic mass is 16.5. The van der Waals surface area contributed by atoms with Crippen LogP contribution in [0.5, 0.6) is 0 Å². The van der Waals surface area contributed by atoms with Crippen molar-refractivity contribution >= 4 is 17.7 Å². The molecule has 0 aliphatic carbocycles. The lowest BCUT2D eigenvalue weighted by Gasteiger charge is -2.03. The van der Waals surface area contributed by atoms with Gasteiger partial charge >= 0.3 is 5.97 Å². The second-order valence-corrected chi connectivity index (χ2v) is 2.39. The van der Waals surface area contributed by atoms with Crippen LogP contribution >= 0.6 is 0 Å². The van der Waals surface area contributed by atoms with Crippen LogP contribution in [0.15, 0.2) is 18.8 Å². The number of nitrogens with two attached hydrogens (primary N) is 1. The van der Waals surface area contributed by atoms with Gasteiger partial charge in [-0.05, 0) is 12.1 Å². The van der Waals surface area contributed by atoms with Crippen molar-refractivity contribution in [1.29, 1.82) is 0 Å². The summed E-state index contributed by atoms with van der Waals surface area (Å²) in [6, 6.07) is 1.54. The van der Waals surface area contributed by atoms with Gasteiger partial charge in [0, 0.05) is 0 Å². The molecule has 0 spiro atoms. The lowest BCUT2D eigenvalue weighted by Crippen LogP contribution is -2.06. The smallest absolute Gasteiger partial charge is 0.340 e. The molecule has 4 nitrogen and oxygen atoms in total. The monoisotopic (exact) mass is 178 g/mol. The number of nitrogen functional groups attached to an aromatic ring is 1. The number of carbonyl (C=O) groups excluding carboxylic acids is 1. The zero-order valence-electron chi connectivity index (χ0n) is 7.28. The van der Waals surface area contributed by atoms with E-state index in [-0.39, 0.29) is 0 Å². The molecule has 1 rings (SSSR count). The van der Waals surface area contributed by atoms with Crippen LogP contribution in [-0.4, -0.2) is 18.1 Å². The first kappa shape index (κ1) is 9.25. The molecule has 2 N–H and O–H groups in total. The van der Waals surface area contributed by atoms with Crippen LogP contribution < -0.4 is 5.73 Å². The summed E-state index contributed by atoms with van der Waals surface area (Å²) in [5, 5.41) is 0. The van der Waals surface area contributed by atoms with E-state index in [4.69, 9.17) is 5.73 Å². The predicted molar refractivity (Wildman–Crippen MR) is 50.1 cm³/mol. The number of anilines is 1. The van der Waals surface area contributed by atoms with Gasteiger partial charge in [0.2, 0.25) is 0 Å². The summed E-state index contributed by atoms with van der Waals surface area (Å²) in [6.45, 7) is 3.53. The van der Waals surface area contributed by atoms with E-state index in [0.717, 1.165) is 0 Å². The third-order valence-corrected chi connectivity index (χ3v) is 1.57. The molecule has 0 unspecified atom stereocenters. The summed E-state index contributed by atoms with van der Waals surface area (Å²) in [4.78, 5) is 15.1. The Kier molecular flexibility index (Phi) is 2.64. The number of hydrogen-bond acceptors (Lipinski definition) is 4. The molecule has 1 heterocycles. The van der Waals surface area contributed by atoms with E-state index in [9.17, 15) is 4.79 Å². The molecule has 0 aliphatic rings. The fourth-order valence-corrected chi connectivity index (χ4v) is 0.880. The van der Waals surface area contributed by atoms with Crippen LogP contribution in [0.4, 0.5) is 5.69 Å². The number of rotatable bonds is 2.